The van der Waals surface area contributed by atoms with Gasteiger partial charge in [0, 0.05) is 6.21 Å². The van der Waals surface area contributed by atoms with Crippen molar-refractivity contribution in [2.45, 2.75) is 18.3 Å². The zero-order valence-electron chi connectivity index (χ0n) is 8.44. The smallest absolute Gasteiger partial charge is 0.387 e. The minimum atomic E-state index is -4.96. The molecule has 1 aliphatic heterocycles. The van der Waals surface area contributed by atoms with E-state index in [0.29, 0.717) is 0 Å². The van der Waals surface area contributed by atoms with E-state index < -0.39 is 27.8 Å². The molecule has 3 N–H and O–H groups in total. The molecule has 0 aromatic carbocycles. The van der Waals surface area contributed by atoms with Gasteiger partial charge >= 0.3 is 6.18 Å². The van der Waals surface area contributed by atoms with Gasteiger partial charge in [0.05, 0.1) is 5.92 Å². The Morgan fingerprint density at radius 2 is 2.12 bits per heavy atom. The molecule has 2 atom stereocenters. The number of aliphatic hydroxyl groups is 1. The number of hydrazone groups is 1. The third kappa shape index (κ3) is 2.14. The van der Waals surface area contributed by atoms with Crippen molar-refractivity contribution >= 4 is 40.6 Å². The maximum absolute atomic E-state index is 12.9. The summed E-state index contributed by atoms with van der Waals surface area (Å²) in [7, 11) is 0. The van der Waals surface area contributed by atoms with Gasteiger partial charge in [-0.3, -0.25) is 0 Å². The first-order valence-corrected chi connectivity index (χ1v) is 5.24. The van der Waals surface area contributed by atoms with Crippen molar-refractivity contribution < 1.29 is 18.3 Å². The molecule has 4 nitrogen and oxygen atoms in total. The minimum Gasteiger partial charge on any atom is -0.387 e. The third-order valence-corrected chi connectivity index (χ3v) is 3.05. The van der Waals surface area contributed by atoms with Crippen LogP contribution in [0.1, 0.15) is 6.42 Å². The number of hydrogen-bond donors (Lipinski definition) is 2. The molecule has 0 aromatic rings. The van der Waals surface area contributed by atoms with E-state index in [1.165, 1.54) is 0 Å². The highest BCUT2D eigenvalue weighted by Crippen LogP contribution is 2.43. The molecule has 17 heavy (non-hydrogen) atoms. The molecule has 95 valence electrons. The van der Waals surface area contributed by atoms with Crippen molar-refractivity contribution in [2.24, 2.45) is 16.8 Å². The van der Waals surface area contributed by atoms with Crippen molar-refractivity contribution in [1.29, 1.82) is 0 Å². The van der Waals surface area contributed by atoms with Gasteiger partial charge in [0.2, 0.25) is 0 Å². The average Bonchev–Trinajstić information content (AvgIpc) is 2.54. The van der Waals surface area contributed by atoms with E-state index in [1.54, 1.807) is 0 Å². The van der Waals surface area contributed by atoms with Gasteiger partial charge in [0.15, 0.2) is 4.99 Å². The minimum absolute atomic E-state index is 0.198. The summed E-state index contributed by atoms with van der Waals surface area (Å²) in [4.78, 5) is -0.975. The Balaban J connectivity index is 3.20. The lowest BCUT2D eigenvalue weighted by Gasteiger charge is -2.37. The predicted octanol–water partition coefficient (Wildman–Crippen LogP) is 0.993. The molecule has 0 saturated heterocycles. The molecule has 0 aliphatic carbocycles. The van der Waals surface area contributed by atoms with E-state index in [4.69, 9.17) is 5.73 Å². The summed E-state index contributed by atoms with van der Waals surface area (Å²) < 4.78 is 38.7. The summed E-state index contributed by atoms with van der Waals surface area (Å²) in [5.74, 6) is -1.32. The summed E-state index contributed by atoms with van der Waals surface area (Å²) in [6, 6.07) is 0. The molecule has 0 amide bonds. The standard InChI is InChI=1S/C8H9F3N3OS2/c1-2-4-3-13-14(6(17)5(12)16)7(4,15)8(9,10)11/h3-4,15H,1-2H2,(H2,12,16). The van der Waals surface area contributed by atoms with Crippen LogP contribution in [0.4, 0.5) is 13.2 Å². The number of nitrogens with zero attached hydrogens (tertiary/aromatic N) is 2. The molecule has 1 radical (unpaired) electrons. The second kappa shape index (κ2) is 4.46. The summed E-state index contributed by atoms with van der Waals surface area (Å²) in [5.41, 5.74) is 1.91. The Hall–Kier alpha value is -0.800. The van der Waals surface area contributed by atoms with E-state index in [1.807, 2.05) is 0 Å². The van der Waals surface area contributed by atoms with Crippen LogP contribution in [-0.2, 0) is 0 Å². The highest BCUT2D eigenvalue weighted by molar-refractivity contribution is 7.89. The number of halogens is 3. The Bertz CT molecular complexity index is 385. The topological polar surface area (TPSA) is 61.8 Å². The first kappa shape index (κ1) is 14.3. The lowest BCUT2D eigenvalue weighted by Crippen LogP contribution is -2.61. The van der Waals surface area contributed by atoms with Crippen LogP contribution in [-0.4, -0.2) is 38.2 Å². The van der Waals surface area contributed by atoms with Crippen molar-refractivity contribution in [2.75, 3.05) is 0 Å². The van der Waals surface area contributed by atoms with Gasteiger partial charge in [-0.15, -0.1) is 0 Å². The van der Waals surface area contributed by atoms with Crippen molar-refractivity contribution in [3.63, 3.8) is 0 Å². The quantitative estimate of drug-likeness (QED) is 0.703. The molecular weight excluding hydrogens is 275 g/mol. The van der Waals surface area contributed by atoms with E-state index in [0.717, 1.165) is 6.21 Å². The fourth-order valence-electron chi connectivity index (χ4n) is 1.41. The lowest BCUT2D eigenvalue weighted by atomic mass is 9.94. The van der Waals surface area contributed by atoms with Gasteiger partial charge in [-0.25, -0.2) is 5.01 Å². The molecule has 0 bridgehead atoms. The average molecular weight is 284 g/mol. The summed E-state index contributed by atoms with van der Waals surface area (Å²) in [6.07, 6.45) is -4.22. The van der Waals surface area contributed by atoms with Gasteiger partial charge in [-0.1, -0.05) is 31.4 Å². The van der Waals surface area contributed by atoms with Crippen LogP contribution in [0.15, 0.2) is 5.10 Å². The first-order chi connectivity index (χ1) is 7.66. The third-order valence-electron chi connectivity index (χ3n) is 2.33. The number of hydrogen-bond acceptors (Lipinski definition) is 4. The van der Waals surface area contributed by atoms with Crippen LogP contribution in [0, 0.1) is 12.8 Å². The SMILES string of the molecule is [CH2]CC1C=NN(C(=S)C(N)=S)C1(O)C(F)(F)F. The normalized spacial score (nSPS) is 28.5. The second-order valence-electron chi connectivity index (χ2n) is 3.36. The molecule has 2 unspecified atom stereocenters. The van der Waals surface area contributed by atoms with Crippen LogP contribution in [0.3, 0.4) is 0 Å². The molecule has 0 spiro atoms. The Morgan fingerprint density at radius 1 is 1.59 bits per heavy atom. The molecule has 9 heteroatoms. The highest BCUT2D eigenvalue weighted by Gasteiger charge is 2.65. The lowest BCUT2D eigenvalue weighted by molar-refractivity contribution is -0.307. The number of nitrogens with two attached hydrogens (primary N) is 1. The van der Waals surface area contributed by atoms with E-state index in [9.17, 15) is 18.3 Å². The summed E-state index contributed by atoms with van der Waals surface area (Å²) in [6.45, 7) is 3.33. The highest BCUT2D eigenvalue weighted by atomic mass is 32.1. The number of alkyl halides is 3. The number of thiocarbonyl (C=S) groups is 2. The Morgan fingerprint density at radius 3 is 2.47 bits per heavy atom. The van der Waals surface area contributed by atoms with Crippen LogP contribution in [0.5, 0.6) is 0 Å². The molecule has 1 rings (SSSR count). The van der Waals surface area contributed by atoms with Crippen molar-refractivity contribution in [3.8, 4) is 0 Å². The molecule has 1 heterocycles. The predicted molar refractivity (Wildman–Crippen MR) is 64.2 cm³/mol. The fourth-order valence-corrected chi connectivity index (χ4v) is 1.69. The summed E-state index contributed by atoms with van der Waals surface area (Å²) in [5, 5.41) is 13.4. The summed E-state index contributed by atoms with van der Waals surface area (Å²) >= 11 is 9.10. The van der Waals surface area contributed by atoms with Crippen LogP contribution < -0.4 is 5.73 Å². The van der Waals surface area contributed by atoms with Gasteiger partial charge in [0.1, 0.15) is 4.99 Å². The fraction of sp³-hybridized carbons (Fsp3) is 0.500. The zero-order chi connectivity index (χ0) is 13.4. The maximum atomic E-state index is 12.9. The van der Waals surface area contributed by atoms with Gasteiger partial charge in [-0.05, 0) is 6.42 Å². The molecule has 1 aliphatic rings. The van der Waals surface area contributed by atoms with E-state index in [-0.39, 0.29) is 11.4 Å². The van der Waals surface area contributed by atoms with Gasteiger partial charge < -0.3 is 10.8 Å². The zero-order valence-corrected chi connectivity index (χ0v) is 10.1. The van der Waals surface area contributed by atoms with Crippen molar-refractivity contribution in [1.82, 2.24) is 5.01 Å². The Kier molecular flexibility index (Phi) is 3.75. The molecule has 0 saturated carbocycles. The van der Waals surface area contributed by atoms with Crippen molar-refractivity contribution in [3.05, 3.63) is 6.92 Å². The first-order valence-electron chi connectivity index (χ1n) is 4.42. The molecule has 0 aromatic heterocycles. The number of rotatable bonds is 1. The monoisotopic (exact) mass is 284 g/mol. The van der Waals surface area contributed by atoms with E-state index >= 15 is 0 Å². The molecule has 0 fully saturated rings. The van der Waals surface area contributed by atoms with Crippen LogP contribution >= 0.6 is 24.4 Å². The van der Waals surface area contributed by atoms with Crippen LogP contribution in [0.25, 0.3) is 0 Å². The largest absolute Gasteiger partial charge is 0.439 e. The van der Waals surface area contributed by atoms with Crippen LogP contribution in [0.2, 0.25) is 0 Å². The van der Waals surface area contributed by atoms with E-state index in [2.05, 4.69) is 36.5 Å². The Labute approximate surface area is 106 Å². The molecular formula is C8H9F3N3OS2. The van der Waals surface area contributed by atoms with Gasteiger partial charge in [0.25, 0.3) is 5.72 Å². The second-order valence-corrected chi connectivity index (χ2v) is 4.19. The maximum Gasteiger partial charge on any atom is 0.439 e. The van der Waals surface area contributed by atoms with Gasteiger partial charge in [-0.2, -0.15) is 18.3 Å².